The van der Waals surface area contributed by atoms with Crippen LogP contribution in [-0.2, 0) is 14.8 Å². The Hall–Kier alpha value is -2.00. The van der Waals surface area contributed by atoms with Gasteiger partial charge in [-0.2, -0.15) is 0 Å². The van der Waals surface area contributed by atoms with E-state index in [-0.39, 0.29) is 23.8 Å². The van der Waals surface area contributed by atoms with E-state index in [1.54, 1.807) is 29.5 Å². The number of amides is 1. The van der Waals surface area contributed by atoms with Crippen LogP contribution in [0.15, 0.2) is 47.4 Å². The number of hydrogen-bond acceptors (Lipinski definition) is 5. The molecule has 1 amide bonds. The summed E-state index contributed by atoms with van der Waals surface area (Å²) in [6, 6.07) is 11.4. The maximum Gasteiger partial charge on any atom is 0.240 e. The first-order chi connectivity index (χ1) is 12.3. The average molecular weight is 410 g/mol. The highest BCUT2D eigenvalue weighted by molar-refractivity contribution is 7.89. The lowest BCUT2D eigenvalue weighted by Crippen LogP contribution is -2.27. The zero-order valence-corrected chi connectivity index (χ0v) is 16.2. The summed E-state index contributed by atoms with van der Waals surface area (Å²) in [6.07, 6.45) is 0.0134. The molecule has 0 bridgehead atoms. The first kappa shape index (κ1) is 18.8. The number of aromatic nitrogens is 1. The molecule has 0 unspecified atom stereocenters. The van der Waals surface area contributed by atoms with Crippen LogP contribution in [-0.4, -0.2) is 25.9 Å². The Morgan fingerprint density at radius 3 is 2.81 bits per heavy atom. The van der Waals surface area contributed by atoms with Gasteiger partial charge in [0.1, 0.15) is 0 Å². The highest BCUT2D eigenvalue weighted by atomic mass is 35.5. The van der Waals surface area contributed by atoms with Crippen LogP contribution in [0.4, 0.5) is 5.69 Å². The van der Waals surface area contributed by atoms with E-state index in [9.17, 15) is 13.2 Å². The van der Waals surface area contributed by atoms with Crippen LogP contribution in [0.5, 0.6) is 0 Å². The number of sulfonamides is 1. The standard InChI is InChI=1S/C17H16ClN3O3S2/c1-11-20-15-6-5-13(10-16(15)25-11)21-17(22)7-8-19-26(23,24)14-4-2-3-12(18)9-14/h2-6,9-10,19H,7-8H2,1H3,(H,21,22). The SMILES string of the molecule is Cc1nc2ccc(NC(=O)CCNS(=O)(=O)c3cccc(Cl)c3)cc2s1. The minimum absolute atomic E-state index is 0.0113. The summed E-state index contributed by atoms with van der Waals surface area (Å²) in [6.45, 7) is 1.91. The van der Waals surface area contributed by atoms with E-state index in [1.165, 1.54) is 12.1 Å². The van der Waals surface area contributed by atoms with E-state index < -0.39 is 10.0 Å². The number of anilines is 1. The number of benzene rings is 2. The van der Waals surface area contributed by atoms with Gasteiger partial charge in [0.25, 0.3) is 0 Å². The number of carbonyl (C=O) groups is 1. The van der Waals surface area contributed by atoms with Gasteiger partial charge in [-0.15, -0.1) is 11.3 Å². The van der Waals surface area contributed by atoms with Gasteiger partial charge < -0.3 is 5.32 Å². The maximum absolute atomic E-state index is 12.2. The fourth-order valence-electron chi connectivity index (χ4n) is 2.36. The quantitative estimate of drug-likeness (QED) is 0.651. The molecule has 3 aromatic rings. The number of hydrogen-bond donors (Lipinski definition) is 2. The van der Waals surface area contributed by atoms with Crippen LogP contribution in [0.1, 0.15) is 11.4 Å². The summed E-state index contributed by atoms with van der Waals surface area (Å²) in [5, 5.41) is 4.05. The molecule has 0 atom stereocenters. The van der Waals surface area contributed by atoms with Crippen LogP contribution in [0.25, 0.3) is 10.2 Å². The van der Waals surface area contributed by atoms with Crippen molar-refractivity contribution in [3.05, 3.63) is 52.5 Å². The van der Waals surface area contributed by atoms with Crippen molar-refractivity contribution in [3.8, 4) is 0 Å². The molecule has 9 heteroatoms. The number of thiazole rings is 1. The second-order valence-electron chi connectivity index (χ2n) is 5.57. The second-order valence-corrected chi connectivity index (χ2v) is 9.01. The van der Waals surface area contributed by atoms with E-state index in [2.05, 4.69) is 15.0 Å². The third-order valence-electron chi connectivity index (χ3n) is 3.53. The summed E-state index contributed by atoms with van der Waals surface area (Å²) in [7, 11) is -3.70. The largest absolute Gasteiger partial charge is 0.326 e. The first-order valence-corrected chi connectivity index (χ1v) is 10.4. The topological polar surface area (TPSA) is 88.2 Å². The van der Waals surface area contributed by atoms with Crippen molar-refractivity contribution >= 4 is 54.8 Å². The van der Waals surface area contributed by atoms with Gasteiger partial charge in [0.2, 0.25) is 15.9 Å². The number of carbonyl (C=O) groups excluding carboxylic acids is 1. The van der Waals surface area contributed by atoms with E-state index >= 15 is 0 Å². The van der Waals surface area contributed by atoms with Gasteiger partial charge in [0.05, 0.1) is 20.1 Å². The first-order valence-electron chi connectivity index (χ1n) is 7.76. The minimum atomic E-state index is -3.70. The van der Waals surface area contributed by atoms with Crippen molar-refractivity contribution in [1.29, 1.82) is 0 Å². The van der Waals surface area contributed by atoms with Gasteiger partial charge in [-0.1, -0.05) is 17.7 Å². The molecular weight excluding hydrogens is 394 g/mol. The molecule has 0 fully saturated rings. The third kappa shape index (κ3) is 4.59. The smallest absolute Gasteiger partial charge is 0.240 e. The van der Waals surface area contributed by atoms with Crippen LogP contribution in [0.2, 0.25) is 5.02 Å². The molecule has 0 saturated heterocycles. The van der Waals surface area contributed by atoms with Crippen LogP contribution < -0.4 is 10.0 Å². The Morgan fingerprint density at radius 1 is 1.23 bits per heavy atom. The molecule has 0 aliphatic rings. The minimum Gasteiger partial charge on any atom is -0.326 e. The number of fused-ring (bicyclic) bond motifs is 1. The molecule has 6 nitrogen and oxygen atoms in total. The number of halogens is 1. The number of rotatable bonds is 6. The van der Waals surface area contributed by atoms with E-state index in [0.717, 1.165) is 15.2 Å². The molecule has 26 heavy (non-hydrogen) atoms. The molecular formula is C17H16ClN3O3S2. The molecule has 3 rings (SSSR count). The molecule has 0 aliphatic heterocycles. The normalized spacial score (nSPS) is 11.6. The summed E-state index contributed by atoms with van der Waals surface area (Å²) in [5.41, 5.74) is 1.55. The second kappa shape index (κ2) is 7.71. The zero-order valence-electron chi connectivity index (χ0n) is 13.8. The lowest BCUT2D eigenvalue weighted by molar-refractivity contribution is -0.116. The van der Waals surface area contributed by atoms with Crippen molar-refractivity contribution in [2.24, 2.45) is 0 Å². The van der Waals surface area contributed by atoms with Gasteiger partial charge in [-0.05, 0) is 43.3 Å². The van der Waals surface area contributed by atoms with Gasteiger partial charge in [-0.25, -0.2) is 18.1 Å². The maximum atomic E-state index is 12.2. The number of nitrogens with one attached hydrogen (secondary N) is 2. The summed E-state index contributed by atoms with van der Waals surface area (Å²) >= 11 is 7.36. The van der Waals surface area contributed by atoms with Crippen molar-refractivity contribution in [3.63, 3.8) is 0 Å². The molecule has 2 N–H and O–H groups in total. The predicted octanol–water partition coefficient (Wildman–Crippen LogP) is 3.57. The average Bonchev–Trinajstić information content (AvgIpc) is 2.94. The predicted molar refractivity (Wildman–Crippen MR) is 104 cm³/mol. The molecule has 1 heterocycles. The number of nitrogens with zero attached hydrogens (tertiary/aromatic N) is 1. The van der Waals surface area contributed by atoms with Crippen LogP contribution in [0.3, 0.4) is 0 Å². The fraction of sp³-hybridized carbons (Fsp3) is 0.176. The molecule has 1 aromatic heterocycles. The van der Waals surface area contributed by atoms with Crippen LogP contribution >= 0.6 is 22.9 Å². The lowest BCUT2D eigenvalue weighted by Gasteiger charge is -2.08. The molecule has 0 spiro atoms. The fourth-order valence-corrected chi connectivity index (χ4v) is 4.56. The van der Waals surface area contributed by atoms with Crippen molar-refractivity contribution in [1.82, 2.24) is 9.71 Å². The summed E-state index contributed by atoms with van der Waals surface area (Å²) in [4.78, 5) is 16.5. The summed E-state index contributed by atoms with van der Waals surface area (Å²) < 4.78 is 27.7. The van der Waals surface area contributed by atoms with E-state index in [4.69, 9.17) is 11.6 Å². The van der Waals surface area contributed by atoms with Crippen LogP contribution in [0, 0.1) is 6.92 Å². The van der Waals surface area contributed by atoms with Crippen molar-refractivity contribution in [2.75, 3.05) is 11.9 Å². The van der Waals surface area contributed by atoms with E-state index in [1.807, 2.05) is 19.1 Å². The highest BCUT2D eigenvalue weighted by Gasteiger charge is 2.14. The van der Waals surface area contributed by atoms with Crippen molar-refractivity contribution in [2.45, 2.75) is 18.2 Å². The molecule has 0 saturated carbocycles. The van der Waals surface area contributed by atoms with Gasteiger partial charge in [0, 0.05) is 23.7 Å². The third-order valence-corrected chi connectivity index (χ3v) is 6.16. The number of aryl methyl sites for hydroxylation is 1. The molecule has 136 valence electrons. The Balaban J connectivity index is 1.56. The van der Waals surface area contributed by atoms with Gasteiger partial charge in [-0.3, -0.25) is 4.79 Å². The Kier molecular flexibility index (Phi) is 5.57. The molecule has 0 aliphatic carbocycles. The molecule has 0 radical (unpaired) electrons. The van der Waals surface area contributed by atoms with E-state index in [0.29, 0.717) is 10.7 Å². The van der Waals surface area contributed by atoms with Crippen molar-refractivity contribution < 1.29 is 13.2 Å². The van der Waals surface area contributed by atoms with Gasteiger partial charge >= 0.3 is 0 Å². The molecule has 2 aromatic carbocycles. The monoisotopic (exact) mass is 409 g/mol. The van der Waals surface area contributed by atoms with Gasteiger partial charge in [0.15, 0.2) is 0 Å². The lowest BCUT2D eigenvalue weighted by atomic mass is 10.3. The Bertz CT molecular complexity index is 1060. The zero-order chi connectivity index (χ0) is 18.7. The Labute approximate surface area is 160 Å². The summed E-state index contributed by atoms with van der Waals surface area (Å²) in [5.74, 6) is -0.278. The Morgan fingerprint density at radius 2 is 2.04 bits per heavy atom. The highest BCUT2D eigenvalue weighted by Crippen LogP contribution is 2.24.